The Hall–Kier alpha value is -1.64. The Morgan fingerprint density at radius 2 is 2.17 bits per heavy atom. The number of likely N-dealkylation sites (tertiary alicyclic amines) is 1. The van der Waals surface area contributed by atoms with Gasteiger partial charge in [-0.2, -0.15) is 0 Å². The van der Waals surface area contributed by atoms with Gasteiger partial charge < -0.3 is 9.47 Å². The molecular weight excluding hydrogens is 470 g/mol. The summed E-state index contributed by atoms with van der Waals surface area (Å²) in [6, 6.07) is 6.30. The number of nitrogens with zero attached hydrogens (tertiary/aromatic N) is 3. The summed E-state index contributed by atoms with van der Waals surface area (Å²) in [5.74, 6) is 0.0533. The summed E-state index contributed by atoms with van der Waals surface area (Å²) in [5.41, 5.74) is 1.89. The summed E-state index contributed by atoms with van der Waals surface area (Å²) in [6.07, 6.45) is 7.16. The second kappa shape index (κ2) is 8.24. The van der Waals surface area contributed by atoms with Gasteiger partial charge in [-0.05, 0) is 50.5 Å². The summed E-state index contributed by atoms with van der Waals surface area (Å²) in [4.78, 5) is 29.5. The maximum atomic E-state index is 13.0. The number of carbonyl (C=O) groups is 2. The topological polar surface area (TPSA) is 45.6 Å². The second-order valence-electron chi connectivity index (χ2n) is 7.55. The summed E-state index contributed by atoms with van der Waals surface area (Å²) in [5, 5.41) is 1.00. The van der Waals surface area contributed by atoms with Crippen molar-refractivity contribution < 1.29 is 9.59 Å². The van der Waals surface area contributed by atoms with Gasteiger partial charge in [0, 0.05) is 46.8 Å². The molecule has 1 aromatic carbocycles. The van der Waals surface area contributed by atoms with Crippen molar-refractivity contribution in [2.45, 2.75) is 38.8 Å². The van der Waals surface area contributed by atoms with Crippen LogP contribution < -0.4 is 0 Å². The Bertz CT molecular complexity index is 1050. The molecule has 8 heteroatoms. The van der Waals surface area contributed by atoms with Gasteiger partial charge in [-0.15, -0.1) is 0 Å². The molecule has 0 N–H and O–H groups in total. The fourth-order valence-corrected chi connectivity index (χ4v) is 5.47. The summed E-state index contributed by atoms with van der Waals surface area (Å²) in [6.45, 7) is 3.25. The van der Waals surface area contributed by atoms with Crippen LogP contribution in [0.15, 0.2) is 33.8 Å². The average molecular weight is 492 g/mol. The van der Waals surface area contributed by atoms with E-state index >= 15 is 0 Å². The van der Waals surface area contributed by atoms with Crippen molar-refractivity contribution in [1.82, 2.24) is 14.4 Å². The van der Waals surface area contributed by atoms with Crippen LogP contribution in [0, 0.1) is 0 Å². The first-order chi connectivity index (χ1) is 13.8. The number of hydrogen-bond donors (Lipinski definition) is 0. The number of aromatic nitrogens is 1. The lowest BCUT2D eigenvalue weighted by Crippen LogP contribution is -2.43. The Labute approximate surface area is 188 Å². The van der Waals surface area contributed by atoms with Crippen molar-refractivity contribution in [2.24, 2.45) is 0 Å². The molecule has 4 rings (SSSR count). The first-order valence-electron chi connectivity index (χ1n) is 9.64. The largest absolute Gasteiger partial charge is 0.338 e. The fraction of sp³-hybridized carbons (Fsp3) is 0.381. The average Bonchev–Trinajstić information content (AvgIpc) is 3.14. The highest BCUT2D eigenvalue weighted by molar-refractivity contribution is 9.10. The second-order valence-corrected chi connectivity index (χ2v) is 10.1. The molecule has 0 spiro atoms. The Morgan fingerprint density at radius 3 is 2.86 bits per heavy atom. The Kier molecular flexibility index (Phi) is 5.86. The van der Waals surface area contributed by atoms with E-state index in [1.54, 1.807) is 7.05 Å². The number of thioether (sulfide) groups is 1. The van der Waals surface area contributed by atoms with Gasteiger partial charge in [0.05, 0.1) is 4.91 Å². The molecule has 2 aliphatic rings. The van der Waals surface area contributed by atoms with Crippen LogP contribution in [0.4, 0.5) is 0 Å². The van der Waals surface area contributed by atoms with E-state index in [1.165, 1.54) is 23.1 Å². The first-order valence-corrected chi connectivity index (χ1v) is 11.7. The highest BCUT2D eigenvalue weighted by Crippen LogP contribution is 2.34. The van der Waals surface area contributed by atoms with Crippen molar-refractivity contribution in [3.05, 3.63) is 39.3 Å². The molecule has 2 aromatic rings. The van der Waals surface area contributed by atoms with Crippen LogP contribution in [0.5, 0.6) is 0 Å². The van der Waals surface area contributed by atoms with E-state index in [9.17, 15) is 9.59 Å². The van der Waals surface area contributed by atoms with Crippen molar-refractivity contribution in [3.63, 3.8) is 0 Å². The van der Waals surface area contributed by atoms with E-state index in [2.05, 4.69) is 22.9 Å². The number of rotatable bonds is 3. The van der Waals surface area contributed by atoms with Gasteiger partial charge in [0.15, 0.2) is 0 Å². The third-order valence-corrected chi connectivity index (χ3v) is 7.55. The minimum absolute atomic E-state index is 0.0888. The van der Waals surface area contributed by atoms with Gasteiger partial charge in [0.25, 0.3) is 5.91 Å². The number of likely N-dealkylation sites (N-methyl/N-ethyl adjacent to an activating group) is 1. The molecule has 0 saturated carbocycles. The Balaban J connectivity index is 1.70. The molecule has 1 aromatic heterocycles. The number of amides is 2. The van der Waals surface area contributed by atoms with Gasteiger partial charge >= 0.3 is 0 Å². The number of hydrogen-bond acceptors (Lipinski definition) is 4. The number of piperidine rings is 1. The first kappa shape index (κ1) is 20.6. The van der Waals surface area contributed by atoms with Crippen molar-refractivity contribution in [1.29, 1.82) is 0 Å². The van der Waals surface area contributed by atoms with E-state index < -0.39 is 0 Å². The SMILES string of the molecule is C[C@@H]1CCCCN1C(=O)Cn1cc(/C=C2\SC(=S)N(C)C2=O)c2cc(Br)ccc21. The van der Waals surface area contributed by atoms with Crippen molar-refractivity contribution in [3.8, 4) is 0 Å². The zero-order valence-corrected chi connectivity index (χ0v) is 19.6. The van der Waals surface area contributed by atoms with Crippen LogP contribution in [0.1, 0.15) is 31.7 Å². The number of fused-ring (bicyclic) bond motifs is 1. The summed E-state index contributed by atoms with van der Waals surface area (Å²) < 4.78 is 3.50. The molecule has 5 nitrogen and oxygen atoms in total. The third-order valence-electron chi connectivity index (χ3n) is 5.58. The van der Waals surface area contributed by atoms with Crippen LogP contribution in [0.2, 0.25) is 0 Å². The van der Waals surface area contributed by atoms with Crippen LogP contribution in [-0.4, -0.2) is 50.1 Å². The molecule has 1 atom stereocenters. The van der Waals surface area contributed by atoms with E-state index in [0.29, 0.717) is 15.8 Å². The van der Waals surface area contributed by atoms with Gasteiger partial charge in [-0.1, -0.05) is 39.9 Å². The molecule has 29 heavy (non-hydrogen) atoms. The predicted molar refractivity (Wildman–Crippen MR) is 126 cm³/mol. The molecule has 0 radical (unpaired) electrons. The molecule has 2 saturated heterocycles. The summed E-state index contributed by atoms with van der Waals surface area (Å²) >= 11 is 10.1. The smallest absolute Gasteiger partial charge is 0.265 e. The monoisotopic (exact) mass is 491 g/mol. The lowest BCUT2D eigenvalue weighted by atomic mass is 10.0. The van der Waals surface area contributed by atoms with Gasteiger partial charge in [-0.25, -0.2) is 0 Å². The zero-order chi connectivity index (χ0) is 20.7. The number of benzene rings is 1. The highest BCUT2D eigenvalue weighted by Gasteiger charge is 2.29. The van der Waals surface area contributed by atoms with Crippen LogP contribution in [0.3, 0.4) is 0 Å². The molecule has 0 aliphatic carbocycles. The minimum Gasteiger partial charge on any atom is -0.338 e. The van der Waals surface area contributed by atoms with E-state index in [1.807, 2.05) is 39.9 Å². The fourth-order valence-electron chi connectivity index (χ4n) is 3.93. The maximum absolute atomic E-state index is 13.0. The number of carbonyl (C=O) groups excluding carboxylic acids is 2. The molecule has 2 aliphatic heterocycles. The van der Waals surface area contributed by atoms with E-state index in [4.69, 9.17) is 12.2 Å². The standard InChI is InChI=1S/C21H22BrN3O2S2/c1-13-5-3-4-8-25(13)19(26)12-24-11-14(16-10-15(22)6-7-17(16)24)9-18-20(27)23(2)21(28)29-18/h6-7,9-11,13H,3-5,8,12H2,1-2H3/b18-9-/t13-/m1/s1. The van der Waals surface area contributed by atoms with Crippen LogP contribution in [0.25, 0.3) is 17.0 Å². The molecule has 3 heterocycles. The quantitative estimate of drug-likeness (QED) is 0.463. The molecule has 0 bridgehead atoms. The van der Waals surface area contributed by atoms with Crippen LogP contribution in [-0.2, 0) is 16.1 Å². The highest BCUT2D eigenvalue weighted by atomic mass is 79.9. The molecule has 0 unspecified atom stereocenters. The zero-order valence-electron chi connectivity index (χ0n) is 16.4. The van der Waals surface area contributed by atoms with Gasteiger partial charge in [-0.3, -0.25) is 14.5 Å². The van der Waals surface area contributed by atoms with E-state index in [-0.39, 0.29) is 17.9 Å². The molecule has 2 fully saturated rings. The normalized spacial score (nSPS) is 21.6. The lowest BCUT2D eigenvalue weighted by molar-refractivity contribution is -0.135. The Morgan fingerprint density at radius 1 is 1.38 bits per heavy atom. The predicted octanol–water partition coefficient (Wildman–Crippen LogP) is 4.64. The number of halogens is 1. The van der Waals surface area contributed by atoms with Crippen molar-refractivity contribution >= 4 is 73.0 Å². The lowest BCUT2D eigenvalue weighted by Gasteiger charge is -2.33. The molecule has 152 valence electrons. The van der Waals surface area contributed by atoms with Crippen molar-refractivity contribution in [2.75, 3.05) is 13.6 Å². The molecule has 2 amide bonds. The maximum Gasteiger partial charge on any atom is 0.265 e. The molecular formula is C21H22BrN3O2S2. The van der Waals surface area contributed by atoms with Gasteiger partial charge in [0.1, 0.15) is 10.9 Å². The van der Waals surface area contributed by atoms with E-state index in [0.717, 1.165) is 40.3 Å². The van der Waals surface area contributed by atoms with Crippen LogP contribution >= 0.6 is 39.9 Å². The third kappa shape index (κ3) is 4.02. The van der Waals surface area contributed by atoms with Gasteiger partial charge in [0.2, 0.25) is 5.91 Å². The minimum atomic E-state index is -0.0888. The number of thiocarbonyl (C=S) groups is 1. The summed E-state index contributed by atoms with van der Waals surface area (Å²) in [7, 11) is 1.69.